The maximum atomic E-state index is 12.3. The van der Waals surface area contributed by atoms with E-state index in [0.717, 1.165) is 5.69 Å². The monoisotopic (exact) mass is 335 g/mol. The molecule has 0 aliphatic carbocycles. The third-order valence-corrected chi connectivity index (χ3v) is 3.58. The Kier molecular flexibility index (Phi) is 3.62. The lowest BCUT2D eigenvalue weighted by Gasteiger charge is -2.18. The van der Waals surface area contributed by atoms with Gasteiger partial charge in [-0.3, -0.25) is 9.59 Å². The molecule has 2 amide bonds. The Labute approximate surface area is 142 Å². The molecule has 3 aromatic rings. The van der Waals surface area contributed by atoms with Gasteiger partial charge in [0.05, 0.1) is 17.6 Å². The molecule has 0 saturated carbocycles. The molecule has 2 aromatic carbocycles. The summed E-state index contributed by atoms with van der Waals surface area (Å²) in [7, 11) is 0. The molecule has 1 aromatic heterocycles. The van der Waals surface area contributed by atoms with Crippen LogP contribution in [0.5, 0.6) is 5.75 Å². The van der Waals surface area contributed by atoms with E-state index in [2.05, 4.69) is 20.8 Å². The van der Waals surface area contributed by atoms with Crippen LogP contribution >= 0.6 is 0 Å². The molecule has 2 N–H and O–H groups in total. The van der Waals surface area contributed by atoms with Gasteiger partial charge in [0.2, 0.25) is 0 Å². The second kappa shape index (κ2) is 6.08. The van der Waals surface area contributed by atoms with Crippen molar-refractivity contribution in [1.82, 2.24) is 15.0 Å². The minimum Gasteiger partial charge on any atom is -0.482 e. The van der Waals surface area contributed by atoms with Crippen LogP contribution < -0.4 is 15.4 Å². The van der Waals surface area contributed by atoms with Gasteiger partial charge in [0.1, 0.15) is 5.75 Å². The van der Waals surface area contributed by atoms with Gasteiger partial charge in [-0.1, -0.05) is 18.2 Å². The summed E-state index contributed by atoms with van der Waals surface area (Å²) in [5.41, 5.74) is 1.97. The van der Waals surface area contributed by atoms with Gasteiger partial charge in [-0.25, -0.2) is 0 Å². The van der Waals surface area contributed by atoms with Crippen LogP contribution in [0, 0.1) is 0 Å². The minimum atomic E-state index is -0.398. The van der Waals surface area contributed by atoms with Crippen LogP contribution in [0.4, 0.5) is 11.4 Å². The lowest BCUT2D eigenvalue weighted by molar-refractivity contribution is -0.118. The van der Waals surface area contributed by atoms with Crippen molar-refractivity contribution >= 4 is 23.2 Å². The van der Waals surface area contributed by atoms with E-state index in [9.17, 15) is 9.59 Å². The third kappa shape index (κ3) is 3.05. The maximum absolute atomic E-state index is 12.3. The van der Waals surface area contributed by atoms with Crippen LogP contribution in [0.1, 0.15) is 10.5 Å². The molecule has 0 saturated heterocycles. The molecule has 0 fully saturated rings. The zero-order chi connectivity index (χ0) is 17.2. The molecule has 1 aliphatic heterocycles. The van der Waals surface area contributed by atoms with Crippen molar-refractivity contribution < 1.29 is 14.3 Å². The van der Waals surface area contributed by atoms with E-state index in [0.29, 0.717) is 17.1 Å². The number of amides is 2. The van der Waals surface area contributed by atoms with Crippen molar-refractivity contribution in [2.24, 2.45) is 0 Å². The van der Waals surface area contributed by atoms with Crippen molar-refractivity contribution in [2.75, 3.05) is 17.2 Å². The molecular weight excluding hydrogens is 322 g/mol. The number of benzene rings is 2. The van der Waals surface area contributed by atoms with Crippen LogP contribution in [0.25, 0.3) is 5.69 Å². The fraction of sp³-hybridized carbons (Fsp3) is 0.0588. The number of carbonyl (C=O) groups is 2. The molecule has 0 unspecified atom stereocenters. The topological polar surface area (TPSA) is 98.1 Å². The van der Waals surface area contributed by atoms with Crippen LogP contribution in [0.3, 0.4) is 0 Å². The maximum Gasteiger partial charge on any atom is 0.277 e. The highest BCUT2D eigenvalue weighted by Gasteiger charge is 2.17. The quantitative estimate of drug-likeness (QED) is 0.761. The van der Waals surface area contributed by atoms with Gasteiger partial charge in [-0.2, -0.15) is 9.90 Å². The number of hydrogen-bond donors (Lipinski definition) is 2. The number of nitrogens with zero attached hydrogens (tertiary/aromatic N) is 3. The predicted octanol–water partition coefficient (Wildman–Crippen LogP) is 1.85. The van der Waals surface area contributed by atoms with Crippen molar-refractivity contribution in [2.45, 2.75) is 0 Å². The molecule has 0 spiro atoms. The molecule has 8 heteroatoms. The van der Waals surface area contributed by atoms with Gasteiger partial charge in [-0.15, -0.1) is 5.10 Å². The largest absolute Gasteiger partial charge is 0.482 e. The highest BCUT2D eigenvalue weighted by Crippen LogP contribution is 2.30. The fourth-order valence-electron chi connectivity index (χ4n) is 2.41. The van der Waals surface area contributed by atoms with E-state index < -0.39 is 5.91 Å². The fourth-order valence-corrected chi connectivity index (χ4v) is 2.41. The van der Waals surface area contributed by atoms with E-state index in [-0.39, 0.29) is 18.2 Å². The Balaban J connectivity index is 1.52. The summed E-state index contributed by atoms with van der Waals surface area (Å²) >= 11 is 0. The van der Waals surface area contributed by atoms with Crippen LogP contribution in [-0.2, 0) is 4.79 Å². The summed E-state index contributed by atoms with van der Waals surface area (Å²) < 4.78 is 5.28. The molecule has 0 atom stereocenters. The first-order chi connectivity index (χ1) is 12.2. The third-order valence-electron chi connectivity index (χ3n) is 3.58. The molecule has 8 nitrogen and oxygen atoms in total. The molecule has 0 radical (unpaired) electrons. The number of nitrogens with one attached hydrogen (secondary N) is 2. The zero-order valence-corrected chi connectivity index (χ0v) is 13.0. The lowest BCUT2D eigenvalue weighted by Crippen LogP contribution is -2.25. The number of aromatic nitrogens is 3. The van der Waals surface area contributed by atoms with E-state index >= 15 is 0 Å². The Morgan fingerprint density at radius 2 is 2.04 bits per heavy atom. The summed E-state index contributed by atoms with van der Waals surface area (Å²) in [6, 6.07) is 14.3. The normalized spacial score (nSPS) is 12.7. The average molecular weight is 335 g/mol. The highest BCUT2D eigenvalue weighted by molar-refractivity contribution is 6.03. The van der Waals surface area contributed by atoms with Crippen LogP contribution in [0.2, 0.25) is 0 Å². The number of anilines is 2. The number of hydrogen-bond acceptors (Lipinski definition) is 5. The summed E-state index contributed by atoms with van der Waals surface area (Å²) in [6.45, 7) is -0.0126. The molecule has 1 aliphatic rings. The second-order valence-corrected chi connectivity index (χ2v) is 5.36. The highest BCUT2D eigenvalue weighted by atomic mass is 16.5. The van der Waals surface area contributed by atoms with E-state index in [1.54, 1.807) is 18.2 Å². The Hall–Kier alpha value is -3.68. The number of para-hydroxylation sites is 1. The van der Waals surface area contributed by atoms with Crippen LogP contribution in [-0.4, -0.2) is 33.4 Å². The molecule has 0 bridgehead atoms. The summed E-state index contributed by atoms with van der Waals surface area (Å²) in [6.07, 6.45) is 1.39. The standard InChI is InChI=1S/C17H13N5O3/c23-16-10-25-15-7-6-11(8-13(15)20-16)19-17(24)14-9-18-22(21-14)12-4-2-1-3-5-12/h1-9H,10H2,(H,19,24)(H,20,23). The molecular formula is C17H13N5O3. The lowest BCUT2D eigenvalue weighted by atomic mass is 10.2. The second-order valence-electron chi connectivity index (χ2n) is 5.36. The Bertz CT molecular complexity index is 952. The minimum absolute atomic E-state index is 0.0126. The van der Waals surface area contributed by atoms with Crippen molar-refractivity contribution in [3.8, 4) is 11.4 Å². The molecule has 2 heterocycles. The first-order valence-corrected chi connectivity index (χ1v) is 7.55. The van der Waals surface area contributed by atoms with Gasteiger partial charge >= 0.3 is 0 Å². The summed E-state index contributed by atoms with van der Waals surface area (Å²) in [5, 5.41) is 13.7. The first-order valence-electron chi connectivity index (χ1n) is 7.55. The van der Waals surface area contributed by atoms with Gasteiger partial charge in [0, 0.05) is 5.69 Å². The molecule has 4 rings (SSSR count). The van der Waals surface area contributed by atoms with E-state index in [4.69, 9.17) is 4.74 Å². The van der Waals surface area contributed by atoms with Crippen molar-refractivity contribution in [3.63, 3.8) is 0 Å². The smallest absolute Gasteiger partial charge is 0.277 e. The average Bonchev–Trinajstić information content (AvgIpc) is 3.12. The SMILES string of the molecule is O=C1COc2ccc(NC(=O)c3cnn(-c4ccccc4)n3)cc2N1. The Morgan fingerprint density at radius 1 is 1.20 bits per heavy atom. The summed E-state index contributed by atoms with van der Waals surface area (Å²) in [5.74, 6) is -0.0698. The number of fused-ring (bicyclic) bond motifs is 1. The number of carbonyl (C=O) groups excluding carboxylic acids is 2. The van der Waals surface area contributed by atoms with E-state index in [1.165, 1.54) is 11.0 Å². The molecule has 25 heavy (non-hydrogen) atoms. The molecule has 124 valence electrons. The summed E-state index contributed by atoms with van der Waals surface area (Å²) in [4.78, 5) is 25.1. The van der Waals surface area contributed by atoms with Gasteiger partial charge in [0.15, 0.2) is 12.3 Å². The zero-order valence-electron chi connectivity index (χ0n) is 13.0. The van der Waals surface area contributed by atoms with Gasteiger partial charge < -0.3 is 15.4 Å². The first kappa shape index (κ1) is 14.9. The predicted molar refractivity (Wildman–Crippen MR) is 89.9 cm³/mol. The Morgan fingerprint density at radius 3 is 2.88 bits per heavy atom. The van der Waals surface area contributed by atoms with Gasteiger partial charge in [-0.05, 0) is 30.3 Å². The van der Waals surface area contributed by atoms with Crippen molar-refractivity contribution in [3.05, 3.63) is 60.4 Å². The number of ether oxygens (including phenoxy) is 1. The number of rotatable bonds is 3. The van der Waals surface area contributed by atoms with Gasteiger partial charge in [0.25, 0.3) is 11.8 Å². The van der Waals surface area contributed by atoms with E-state index in [1.807, 2.05) is 30.3 Å². The van der Waals surface area contributed by atoms with Crippen molar-refractivity contribution in [1.29, 1.82) is 0 Å². The van der Waals surface area contributed by atoms with Crippen LogP contribution in [0.15, 0.2) is 54.7 Å².